The Morgan fingerprint density at radius 1 is 1.26 bits per heavy atom. The zero-order valence-corrected chi connectivity index (χ0v) is 12.5. The van der Waals surface area contributed by atoms with Crippen LogP contribution in [0.5, 0.6) is 0 Å². The average Bonchev–Trinajstić information content (AvgIpc) is 2.61. The molecule has 0 saturated carbocycles. The van der Waals surface area contributed by atoms with Gasteiger partial charge in [-0.05, 0) is 47.0 Å². The van der Waals surface area contributed by atoms with Crippen molar-refractivity contribution in [2.24, 2.45) is 5.73 Å². The fraction of sp³-hybridized carbons (Fsp3) is 0.929. The second-order valence-electron chi connectivity index (χ2n) is 7.43. The van der Waals surface area contributed by atoms with Crippen LogP contribution in [-0.4, -0.2) is 41.8 Å². The molecule has 0 spiro atoms. The summed E-state index contributed by atoms with van der Waals surface area (Å²) in [6.07, 6.45) is 2.44. The predicted octanol–water partition coefficient (Wildman–Crippen LogP) is 0.530. The second kappa shape index (κ2) is 4.72. The van der Waals surface area contributed by atoms with E-state index in [1.807, 2.05) is 0 Å². The molecule has 1 unspecified atom stereocenters. The lowest BCUT2D eigenvalue weighted by molar-refractivity contribution is -0.127. The van der Waals surface area contributed by atoms with Crippen LogP contribution in [0.3, 0.4) is 0 Å². The Bertz CT molecular complexity index is 344. The molecule has 2 rings (SSSR count). The van der Waals surface area contributed by atoms with Crippen LogP contribution in [0, 0.1) is 0 Å². The van der Waals surface area contributed by atoms with Crippen molar-refractivity contribution in [1.29, 1.82) is 0 Å². The lowest BCUT2D eigenvalue weighted by atomic mass is 9.79. The molecule has 0 aliphatic carbocycles. The van der Waals surface area contributed by atoms with E-state index in [2.05, 4.69) is 38.3 Å². The molecule has 0 bridgehead atoms. The molecule has 1 amide bonds. The molecule has 2 fully saturated rings. The molecule has 5 heteroatoms. The van der Waals surface area contributed by atoms with E-state index < -0.39 is 5.54 Å². The summed E-state index contributed by atoms with van der Waals surface area (Å²) in [5.41, 5.74) is 5.31. The van der Waals surface area contributed by atoms with Crippen molar-refractivity contribution in [2.75, 3.05) is 13.2 Å². The van der Waals surface area contributed by atoms with Crippen molar-refractivity contribution in [3.05, 3.63) is 0 Å². The topological polar surface area (TPSA) is 76.4 Å². The van der Waals surface area contributed by atoms with Gasteiger partial charge in [-0.15, -0.1) is 0 Å². The van der Waals surface area contributed by atoms with Gasteiger partial charge >= 0.3 is 0 Å². The second-order valence-corrected chi connectivity index (χ2v) is 7.43. The molecular formula is C14H27N3O2. The van der Waals surface area contributed by atoms with E-state index in [9.17, 15) is 4.79 Å². The lowest BCUT2D eigenvalue weighted by Crippen LogP contribution is -2.64. The first-order valence-corrected chi connectivity index (χ1v) is 7.09. The molecule has 2 saturated heterocycles. The highest BCUT2D eigenvalue weighted by molar-refractivity contribution is 5.86. The summed E-state index contributed by atoms with van der Waals surface area (Å²) >= 11 is 0. The van der Waals surface area contributed by atoms with Gasteiger partial charge in [0, 0.05) is 23.7 Å². The zero-order chi connectivity index (χ0) is 14.3. The number of piperidine rings is 1. The number of rotatable bonds is 2. The molecule has 0 aromatic heterocycles. The number of carbonyl (C=O) groups excluding carboxylic acids is 1. The van der Waals surface area contributed by atoms with Crippen molar-refractivity contribution >= 4 is 5.91 Å². The van der Waals surface area contributed by atoms with E-state index in [4.69, 9.17) is 10.5 Å². The highest BCUT2D eigenvalue weighted by atomic mass is 16.5. The van der Waals surface area contributed by atoms with E-state index >= 15 is 0 Å². The predicted molar refractivity (Wildman–Crippen MR) is 74.8 cm³/mol. The van der Waals surface area contributed by atoms with Crippen molar-refractivity contribution < 1.29 is 9.53 Å². The van der Waals surface area contributed by atoms with Crippen molar-refractivity contribution in [3.63, 3.8) is 0 Å². The van der Waals surface area contributed by atoms with Gasteiger partial charge in [0.15, 0.2) is 0 Å². The van der Waals surface area contributed by atoms with Gasteiger partial charge in [-0.2, -0.15) is 0 Å². The average molecular weight is 269 g/mol. The summed E-state index contributed by atoms with van der Waals surface area (Å²) < 4.78 is 5.25. The number of nitrogens with two attached hydrogens (primary N) is 1. The zero-order valence-electron chi connectivity index (χ0n) is 12.5. The Kier molecular flexibility index (Phi) is 3.66. The van der Waals surface area contributed by atoms with Gasteiger partial charge in [-0.3, -0.25) is 4.79 Å². The van der Waals surface area contributed by atoms with Crippen molar-refractivity contribution in [3.8, 4) is 0 Å². The largest absolute Gasteiger partial charge is 0.379 e. The summed E-state index contributed by atoms with van der Waals surface area (Å²) in [6, 6.07) is 0.166. The van der Waals surface area contributed by atoms with Crippen LogP contribution in [0.4, 0.5) is 0 Å². The fourth-order valence-electron chi connectivity index (χ4n) is 3.51. The first-order chi connectivity index (χ1) is 8.62. The third kappa shape index (κ3) is 3.46. The van der Waals surface area contributed by atoms with Crippen LogP contribution >= 0.6 is 0 Å². The first-order valence-electron chi connectivity index (χ1n) is 7.09. The first kappa shape index (κ1) is 14.8. The van der Waals surface area contributed by atoms with Crippen LogP contribution in [0.15, 0.2) is 0 Å². The Morgan fingerprint density at radius 3 is 2.32 bits per heavy atom. The molecule has 2 aliphatic heterocycles. The van der Waals surface area contributed by atoms with Gasteiger partial charge in [0.25, 0.3) is 0 Å². The van der Waals surface area contributed by atoms with Gasteiger partial charge < -0.3 is 21.1 Å². The normalized spacial score (nSPS) is 34.2. The summed E-state index contributed by atoms with van der Waals surface area (Å²) in [6.45, 7) is 9.59. The van der Waals surface area contributed by atoms with E-state index in [1.165, 1.54) is 0 Å². The molecule has 2 aliphatic rings. The molecule has 0 aromatic carbocycles. The summed E-state index contributed by atoms with van der Waals surface area (Å²) in [7, 11) is 0. The number of carbonyl (C=O) groups is 1. The highest BCUT2D eigenvalue weighted by Crippen LogP contribution is 2.29. The molecule has 110 valence electrons. The van der Waals surface area contributed by atoms with Gasteiger partial charge in [0.2, 0.25) is 5.91 Å². The quantitative estimate of drug-likeness (QED) is 0.683. The van der Waals surface area contributed by atoms with Crippen molar-refractivity contribution in [2.45, 2.75) is 69.6 Å². The number of ether oxygens (including phenoxy) is 1. The minimum Gasteiger partial charge on any atom is -0.379 e. The van der Waals surface area contributed by atoms with E-state index in [-0.39, 0.29) is 23.0 Å². The standard InChI is InChI=1S/C14H27N3O2/c1-12(2)7-10(8-13(3,4)17-12)16-11(18)14(15)5-6-19-9-14/h10,17H,5-9,15H2,1-4H3,(H,16,18). The lowest BCUT2D eigenvalue weighted by Gasteiger charge is -2.47. The SMILES string of the molecule is CC1(C)CC(NC(=O)C2(N)CCOC2)CC(C)(C)N1. The number of hydrogen-bond acceptors (Lipinski definition) is 4. The molecule has 2 heterocycles. The van der Waals surface area contributed by atoms with Gasteiger partial charge in [-0.25, -0.2) is 0 Å². The van der Waals surface area contributed by atoms with Crippen molar-refractivity contribution in [1.82, 2.24) is 10.6 Å². The number of nitrogens with one attached hydrogen (secondary N) is 2. The molecule has 19 heavy (non-hydrogen) atoms. The molecule has 1 atom stereocenters. The van der Waals surface area contributed by atoms with E-state index in [1.54, 1.807) is 0 Å². The monoisotopic (exact) mass is 269 g/mol. The highest BCUT2D eigenvalue weighted by Gasteiger charge is 2.42. The maximum atomic E-state index is 12.3. The van der Waals surface area contributed by atoms with E-state index in [0.717, 1.165) is 12.8 Å². The molecule has 0 aromatic rings. The summed E-state index contributed by atoms with van der Waals surface area (Å²) in [4.78, 5) is 12.3. The third-order valence-electron chi connectivity index (χ3n) is 4.03. The molecular weight excluding hydrogens is 242 g/mol. The minimum absolute atomic E-state index is 0.0215. The summed E-state index contributed by atoms with van der Waals surface area (Å²) in [5.74, 6) is -0.0662. The maximum absolute atomic E-state index is 12.3. The van der Waals surface area contributed by atoms with Gasteiger partial charge in [-0.1, -0.05) is 0 Å². The van der Waals surface area contributed by atoms with Crippen LogP contribution in [0.25, 0.3) is 0 Å². The number of hydrogen-bond donors (Lipinski definition) is 3. The van der Waals surface area contributed by atoms with Gasteiger partial charge in [0.1, 0.15) is 5.54 Å². The van der Waals surface area contributed by atoms with E-state index in [0.29, 0.717) is 19.6 Å². The number of amides is 1. The Hall–Kier alpha value is -0.650. The Labute approximate surface area is 115 Å². The molecule has 5 nitrogen and oxygen atoms in total. The van der Waals surface area contributed by atoms with Crippen LogP contribution in [0.1, 0.15) is 47.0 Å². The molecule has 0 radical (unpaired) electrons. The van der Waals surface area contributed by atoms with Crippen LogP contribution < -0.4 is 16.4 Å². The van der Waals surface area contributed by atoms with Crippen LogP contribution in [0.2, 0.25) is 0 Å². The fourth-order valence-corrected chi connectivity index (χ4v) is 3.51. The maximum Gasteiger partial charge on any atom is 0.242 e. The third-order valence-corrected chi connectivity index (χ3v) is 4.03. The molecule has 4 N–H and O–H groups in total. The Morgan fingerprint density at radius 2 is 1.84 bits per heavy atom. The Balaban J connectivity index is 2.00. The minimum atomic E-state index is -0.834. The van der Waals surface area contributed by atoms with Gasteiger partial charge in [0.05, 0.1) is 6.61 Å². The smallest absolute Gasteiger partial charge is 0.242 e. The van der Waals surface area contributed by atoms with Crippen LogP contribution in [-0.2, 0) is 9.53 Å². The summed E-state index contributed by atoms with van der Waals surface area (Å²) in [5, 5.41) is 6.74.